The predicted octanol–water partition coefficient (Wildman–Crippen LogP) is 3.41. The molecule has 3 aromatic heterocycles. The van der Waals surface area contributed by atoms with E-state index in [1.807, 2.05) is 31.6 Å². The van der Waals surface area contributed by atoms with Gasteiger partial charge in [-0.2, -0.15) is 5.10 Å². The van der Waals surface area contributed by atoms with Gasteiger partial charge >= 0.3 is 0 Å². The molecule has 0 spiro atoms. The fourth-order valence-electron chi connectivity index (χ4n) is 3.60. The van der Waals surface area contributed by atoms with Gasteiger partial charge in [0.2, 0.25) is 0 Å². The number of oxazole rings is 1. The summed E-state index contributed by atoms with van der Waals surface area (Å²) in [6, 6.07) is 9.23. The highest BCUT2D eigenvalue weighted by Gasteiger charge is 2.38. The first-order valence-electron chi connectivity index (χ1n) is 8.55. The van der Waals surface area contributed by atoms with Crippen LogP contribution >= 0.6 is 0 Å². The highest BCUT2D eigenvalue weighted by molar-refractivity contribution is 5.92. The molecule has 1 aliphatic heterocycles. The number of amides is 1. The van der Waals surface area contributed by atoms with Crippen LogP contribution in [0.25, 0.3) is 11.1 Å². The fourth-order valence-corrected chi connectivity index (χ4v) is 3.60. The number of carbonyl (C=O) groups excluding carboxylic acids is 1. The second kappa shape index (κ2) is 5.98. The van der Waals surface area contributed by atoms with Crippen LogP contribution in [0.1, 0.15) is 33.5 Å². The van der Waals surface area contributed by atoms with Gasteiger partial charge in [-0.1, -0.05) is 12.1 Å². The van der Waals surface area contributed by atoms with Crippen LogP contribution in [-0.2, 0) is 13.6 Å². The third-order valence-corrected chi connectivity index (χ3v) is 4.84. The molecule has 1 unspecified atom stereocenters. The Balaban J connectivity index is 1.58. The van der Waals surface area contributed by atoms with Crippen LogP contribution in [0.15, 0.2) is 70.4 Å². The number of furan rings is 1. The summed E-state index contributed by atoms with van der Waals surface area (Å²) < 4.78 is 12.6. The Morgan fingerprint density at radius 2 is 2.11 bits per heavy atom. The Kier molecular flexibility index (Phi) is 3.46. The largest absolute Gasteiger partial charge is 0.459 e. The van der Waals surface area contributed by atoms with Gasteiger partial charge in [-0.05, 0) is 34.9 Å². The highest BCUT2D eigenvalue weighted by atomic mass is 16.3. The number of hydrogen-bond acceptors (Lipinski definition) is 5. The fraction of sp³-hybridized carbons (Fsp3) is 0.150. The molecule has 7 heteroatoms. The van der Waals surface area contributed by atoms with Crippen molar-refractivity contribution < 1.29 is 13.6 Å². The first kappa shape index (κ1) is 15.6. The van der Waals surface area contributed by atoms with E-state index in [1.54, 1.807) is 27.9 Å². The Labute approximate surface area is 154 Å². The van der Waals surface area contributed by atoms with E-state index in [2.05, 4.69) is 16.1 Å². The summed E-state index contributed by atoms with van der Waals surface area (Å²) in [5.74, 6) is 0.753. The SMILES string of the molecule is Cn1cc(-c2ccc3c(c2)CN(C(=O)c2ccco2)C3c2cnco2)cn1. The van der Waals surface area contributed by atoms with Crippen molar-refractivity contribution >= 4 is 5.91 Å². The Bertz CT molecular complexity index is 1100. The molecule has 4 aromatic rings. The minimum Gasteiger partial charge on any atom is -0.459 e. The lowest BCUT2D eigenvalue weighted by Crippen LogP contribution is -2.29. The molecule has 1 atom stereocenters. The van der Waals surface area contributed by atoms with Gasteiger partial charge in [0.1, 0.15) is 6.04 Å². The summed E-state index contributed by atoms with van der Waals surface area (Å²) in [4.78, 5) is 18.8. The number of rotatable bonds is 3. The maximum absolute atomic E-state index is 13.0. The van der Waals surface area contributed by atoms with Crippen molar-refractivity contribution in [3.8, 4) is 11.1 Å². The standard InChI is InChI=1S/C20H16N4O3/c1-23-10-15(8-22-23)13-4-5-16-14(7-13)11-24(19(16)18-9-21-12-27-18)20(25)17-3-2-6-26-17/h2-10,12,19H,11H2,1H3. The Morgan fingerprint density at radius 1 is 1.19 bits per heavy atom. The quantitative estimate of drug-likeness (QED) is 0.559. The lowest BCUT2D eigenvalue weighted by atomic mass is 9.99. The van der Waals surface area contributed by atoms with Gasteiger partial charge in [0.15, 0.2) is 17.9 Å². The van der Waals surface area contributed by atoms with Crippen LogP contribution in [0.4, 0.5) is 0 Å². The van der Waals surface area contributed by atoms with Crippen LogP contribution in [0.5, 0.6) is 0 Å². The van der Waals surface area contributed by atoms with Gasteiger partial charge in [-0.15, -0.1) is 0 Å². The lowest BCUT2D eigenvalue weighted by Gasteiger charge is -2.22. The summed E-state index contributed by atoms with van der Waals surface area (Å²) in [5.41, 5.74) is 4.19. The van der Waals surface area contributed by atoms with Crippen LogP contribution < -0.4 is 0 Å². The maximum Gasteiger partial charge on any atom is 0.290 e. The van der Waals surface area contributed by atoms with Gasteiger partial charge in [0.25, 0.3) is 5.91 Å². The Morgan fingerprint density at radius 3 is 2.81 bits per heavy atom. The maximum atomic E-state index is 13.0. The van der Waals surface area contributed by atoms with Crippen molar-refractivity contribution in [1.82, 2.24) is 19.7 Å². The third-order valence-electron chi connectivity index (χ3n) is 4.84. The van der Waals surface area contributed by atoms with Gasteiger partial charge in [-0.25, -0.2) is 4.98 Å². The summed E-state index contributed by atoms with van der Waals surface area (Å²) in [5, 5.41) is 4.24. The molecule has 1 amide bonds. The predicted molar refractivity (Wildman–Crippen MR) is 95.6 cm³/mol. The minimum atomic E-state index is -0.331. The van der Waals surface area contributed by atoms with Crippen molar-refractivity contribution in [2.24, 2.45) is 7.05 Å². The molecule has 0 fully saturated rings. The highest BCUT2D eigenvalue weighted by Crippen LogP contribution is 2.40. The van der Waals surface area contributed by atoms with E-state index in [1.165, 1.54) is 12.7 Å². The average Bonchev–Trinajstić information content (AvgIpc) is 3.45. The molecule has 0 aliphatic carbocycles. The van der Waals surface area contributed by atoms with E-state index < -0.39 is 0 Å². The van der Waals surface area contributed by atoms with E-state index in [0.717, 1.165) is 22.3 Å². The number of carbonyl (C=O) groups is 1. The number of nitrogens with zero attached hydrogens (tertiary/aromatic N) is 4. The van der Waals surface area contributed by atoms with Gasteiger partial charge in [0, 0.05) is 25.4 Å². The zero-order valence-electron chi connectivity index (χ0n) is 14.6. The van der Waals surface area contributed by atoms with Gasteiger partial charge in [0.05, 0.1) is 18.7 Å². The topological polar surface area (TPSA) is 77.3 Å². The molecule has 0 saturated heterocycles. The van der Waals surface area contributed by atoms with E-state index in [4.69, 9.17) is 8.83 Å². The summed E-state index contributed by atoms with van der Waals surface area (Å²) in [6.45, 7) is 0.467. The molecule has 1 aliphatic rings. The third kappa shape index (κ3) is 2.55. The molecule has 7 nitrogen and oxygen atoms in total. The average molecular weight is 360 g/mol. The van der Waals surface area contributed by atoms with E-state index >= 15 is 0 Å². The molecule has 0 saturated carbocycles. The molecule has 5 rings (SSSR count). The number of benzene rings is 1. The second-order valence-electron chi connectivity index (χ2n) is 6.53. The molecular weight excluding hydrogens is 344 g/mol. The number of aryl methyl sites for hydroxylation is 1. The van der Waals surface area contributed by atoms with E-state index in [0.29, 0.717) is 18.1 Å². The van der Waals surface area contributed by atoms with Gasteiger partial charge < -0.3 is 13.7 Å². The molecule has 0 N–H and O–H groups in total. The summed E-state index contributed by atoms with van der Waals surface area (Å²) in [6.07, 6.45) is 8.33. The molecule has 0 radical (unpaired) electrons. The molecule has 134 valence electrons. The van der Waals surface area contributed by atoms with Crippen molar-refractivity contribution in [2.75, 3.05) is 0 Å². The van der Waals surface area contributed by atoms with Crippen LogP contribution in [0.3, 0.4) is 0 Å². The zero-order valence-corrected chi connectivity index (χ0v) is 14.6. The number of fused-ring (bicyclic) bond motifs is 1. The summed E-state index contributed by atoms with van der Waals surface area (Å²) >= 11 is 0. The van der Waals surface area contributed by atoms with Crippen LogP contribution in [0, 0.1) is 0 Å². The van der Waals surface area contributed by atoms with Crippen molar-refractivity contribution in [1.29, 1.82) is 0 Å². The first-order valence-corrected chi connectivity index (χ1v) is 8.55. The lowest BCUT2D eigenvalue weighted by molar-refractivity contribution is 0.0671. The van der Waals surface area contributed by atoms with Crippen molar-refractivity contribution in [2.45, 2.75) is 12.6 Å². The number of aromatic nitrogens is 3. The second-order valence-corrected chi connectivity index (χ2v) is 6.53. The zero-order chi connectivity index (χ0) is 18.4. The van der Waals surface area contributed by atoms with Crippen molar-refractivity contribution in [3.05, 3.63) is 84.2 Å². The number of hydrogen-bond donors (Lipinski definition) is 0. The van der Waals surface area contributed by atoms with Crippen LogP contribution in [0.2, 0.25) is 0 Å². The smallest absolute Gasteiger partial charge is 0.290 e. The molecule has 4 heterocycles. The van der Waals surface area contributed by atoms with Gasteiger partial charge in [-0.3, -0.25) is 9.48 Å². The van der Waals surface area contributed by atoms with Crippen molar-refractivity contribution in [3.63, 3.8) is 0 Å². The van der Waals surface area contributed by atoms with E-state index in [-0.39, 0.29) is 11.9 Å². The van der Waals surface area contributed by atoms with E-state index in [9.17, 15) is 4.79 Å². The molecule has 27 heavy (non-hydrogen) atoms. The Hall–Kier alpha value is -3.61. The molecule has 1 aromatic carbocycles. The molecule has 0 bridgehead atoms. The van der Waals surface area contributed by atoms with Crippen LogP contribution in [-0.4, -0.2) is 25.6 Å². The monoisotopic (exact) mass is 360 g/mol. The minimum absolute atomic E-state index is 0.180. The first-order chi connectivity index (χ1) is 13.2. The molecular formula is C20H16N4O3. The summed E-state index contributed by atoms with van der Waals surface area (Å²) in [7, 11) is 1.89. The normalized spacial score (nSPS) is 15.9.